The summed E-state index contributed by atoms with van der Waals surface area (Å²) in [7, 11) is 1.40. The van der Waals surface area contributed by atoms with Gasteiger partial charge in [0.2, 0.25) is 0 Å². The van der Waals surface area contributed by atoms with Gasteiger partial charge in [-0.3, -0.25) is 15.4 Å². The molecule has 1 aromatic carbocycles. The van der Waals surface area contributed by atoms with E-state index < -0.39 is 16.6 Å². The first-order valence-electron chi connectivity index (χ1n) is 6.49. The quantitative estimate of drug-likeness (QED) is 0.400. The average Bonchev–Trinajstić information content (AvgIpc) is 2.35. The number of nitro benzene ring substituents is 1. The second kappa shape index (κ2) is 6.88. The summed E-state index contributed by atoms with van der Waals surface area (Å²) in [6.45, 7) is 6.77. The maximum atomic E-state index is 11.6. The molecule has 0 heterocycles. The molecule has 0 spiro atoms. The van der Waals surface area contributed by atoms with Crippen LogP contribution in [0.4, 0.5) is 16.2 Å². The predicted molar refractivity (Wildman–Crippen MR) is 81.8 cm³/mol. The van der Waals surface area contributed by atoms with Gasteiger partial charge in [-0.25, -0.2) is 9.79 Å². The van der Waals surface area contributed by atoms with Crippen molar-refractivity contribution in [3.05, 3.63) is 28.3 Å². The Morgan fingerprint density at radius 3 is 2.45 bits per heavy atom. The first-order valence-corrected chi connectivity index (χ1v) is 6.49. The zero-order valence-corrected chi connectivity index (χ0v) is 13.2. The average molecular weight is 309 g/mol. The van der Waals surface area contributed by atoms with Crippen LogP contribution in [0.2, 0.25) is 0 Å². The maximum absolute atomic E-state index is 11.6. The highest BCUT2D eigenvalue weighted by molar-refractivity contribution is 5.95. The number of benzene rings is 1. The Morgan fingerprint density at radius 1 is 1.32 bits per heavy atom. The van der Waals surface area contributed by atoms with Crippen LogP contribution in [-0.4, -0.2) is 29.6 Å². The molecule has 1 rings (SSSR count). The molecule has 0 atom stereocenters. The minimum Gasteiger partial charge on any atom is -0.496 e. The maximum Gasteiger partial charge on any atom is 0.413 e. The number of rotatable bonds is 3. The number of ether oxygens (including phenoxy) is 2. The van der Waals surface area contributed by atoms with E-state index in [1.54, 1.807) is 27.7 Å². The van der Waals surface area contributed by atoms with E-state index in [-0.39, 0.29) is 11.5 Å². The molecule has 1 N–H and O–H groups in total. The van der Waals surface area contributed by atoms with E-state index >= 15 is 0 Å². The number of alkyl carbamates (subject to hydrolysis) is 1. The van der Waals surface area contributed by atoms with E-state index in [0.29, 0.717) is 11.4 Å². The monoisotopic (exact) mass is 309 g/mol. The smallest absolute Gasteiger partial charge is 0.413 e. The number of hydrogen-bond acceptors (Lipinski definition) is 6. The van der Waals surface area contributed by atoms with Gasteiger partial charge in [0.05, 0.1) is 23.8 Å². The molecule has 22 heavy (non-hydrogen) atoms. The number of non-ortho nitro benzene ring substituents is 1. The molecule has 8 nitrogen and oxygen atoms in total. The standard InChI is InChI=1S/C14H19N3O5/c1-9(16-13(18)22-14(2,3)4)15-10-6-11(17(19)20)8-12(7-10)21-5/h6-8H,1-5H3,(H,15,16,18). The lowest BCUT2D eigenvalue weighted by Gasteiger charge is -2.19. The van der Waals surface area contributed by atoms with Gasteiger partial charge >= 0.3 is 6.09 Å². The molecular formula is C14H19N3O5. The van der Waals surface area contributed by atoms with Crippen LogP contribution in [-0.2, 0) is 4.74 Å². The largest absolute Gasteiger partial charge is 0.496 e. The van der Waals surface area contributed by atoms with Crippen LogP contribution in [0.15, 0.2) is 23.2 Å². The molecule has 0 radical (unpaired) electrons. The molecule has 0 aromatic heterocycles. The van der Waals surface area contributed by atoms with E-state index in [1.807, 2.05) is 0 Å². The van der Waals surface area contributed by atoms with Crippen LogP contribution in [0.5, 0.6) is 5.75 Å². The fourth-order valence-corrected chi connectivity index (χ4v) is 1.53. The third kappa shape index (κ3) is 5.78. The molecule has 1 aromatic rings. The predicted octanol–water partition coefficient (Wildman–Crippen LogP) is 3.18. The Hall–Kier alpha value is -2.64. The number of nitro groups is 1. The lowest BCUT2D eigenvalue weighted by atomic mass is 10.2. The second-order valence-corrected chi connectivity index (χ2v) is 5.47. The van der Waals surface area contributed by atoms with Crippen molar-refractivity contribution in [2.45, 2.75) is 33.3 Å². The van der Waals surface area contributed by atoms with Crippen LogP contribution in [0, 0.1) is 10.1 Å². The van der Waals surface area contributed by atoms with Gasteiger partial charge in [0.1, 0.15) is 17.2 Å². The Morgan fingerprint density at radius 2 is 1.95 bits per heavy atom. The summed E-state index contributed by atoms with van der Waals surface area (Å²) >= 11 is 0. The van der Waals surface area contributed by atoms with Crippen molar-refractivity contribution in [1.29, 1.82) is 0 Å². The summed E-state index contributed by atoms with van der Waals surface area (Å²) in [4.78, 5) is 26.0. The molecule has 0 unspecified atom stereocenters. The Bertz CT molecular complexity index is 605. The van der Waals surface area contributed by atoms with Gasteiger partial charge in [0, 0.05) is 12.1 Å². The fraction of sp³-hybridized carbons (Fsp3) is 0.429. The molecular weight excluding hydrogens is 290 g/mol. The van der Waals surface area contributed by atoms with Crippen LogP contribution in [0.25, 0.3) is 0 Å². The summed E-state index contributed by atoms with van der Waals surface area (Å²) in [5.74, 6) is 0.551. The van der Waals surface area contributed by atoms with Gasteiger partial charge < -0.3 is 9.47 Å². The molecule has 0 saturated carbocycles. The molecule has 0 fully saturated rings. The molecule has 1 amide bonds. The molecule has 0 aliphatic heterocycles. The Labute approximate surface area is 128 Å². The summed E-state index contributed by atoms with van der Waals surface area (Å²) in [6.07, 6.45) is -0.647. The summed E-state index contributed by atoms with van der Waals surface area (Å²) in [5.41, 5.74) is -0.484. The minimum atomic E-state index is -0.647. The molecule has 0 saturated heterocycles. The van der Waals surface area contributed by atoms with Crippen molar-refractivity contribution in [3.8, 4) is 5.75 Å². The van der Waals surface area contributed by atoms with E-state index in [2.05, 4.69) is 10.3 Å². The van der Waals surface area contributed by atoms with Crippen molar-refractivity contribution in [3.63, 3.8) is 0 Å². The summed E-state index contributed by atoms with van der Waals surface area (Å²) in [5, 5.41) is 13.3. The summed E-state index contributed by atoms with van der Waals surface area (Å²) in [6, 6.07) is 4.09. The van der Waals surface area contributed by atoms with E-state index in [4.69, 9.17) is 9.47 Å². The third-order valence-corrected chi connectivity index (χ3v) is 2.30. The molecule has 0 aliphatic rings. The molecule has 0 bridgehead atoms. The molecule has 0 aliphatic carbocycles. The minimum absolute atomic E-state index is 0.150. The topological polar surface area (TPSA) is 103 Å². The number of carbonyl (C=O) groups is 1. The highest BCUT2D eigenvalue weighted by Gasteiger charge is 2.16. The number of methoxy groups -OCH3 is 1. The zero-order chi connectivity index (χ0) is 16.9. The molecule has 8 heteroatoms. The van der Waals surface area contributed by atoms with Gasteiger partial charge in [0.25, 0.3) is 5.69 Å². The van der Waals surface area contributed by atoms with Crippen molar-refractivity contribution < 1.29 is 19.2 Å². The Balaban J connectivity index is 2.94. The first-order chi connectivity index (χ1) is 10.1. The van der Waals surface area contributed by atoms with Gasteiger partial charge in [-0.15, -0.1) is 0 Å². The molecule has 120 valence electrons. The van der Waals surface area contributed by atoms with Crippen LogP contribution < -0.4 is 10.1 Å². The van der Waals surface area contributed by atoms with Crippen molar-refractivity contribution in [2.24, 2.45) is 4.99 Å². The SMILES string of the molecule is COc1cc(N=C(C)NC(=O)OC(C)(C)C)cc([N+](=O)[O-])c1. The normalized spacial score (nSPS) is 11.8. The van der Waals surface area contributed by atoms with E-state index in [1.165, 1.54) is 25.3 Å². The van der Waals surface area contributed by atoms with Crippen molar-refractivity contribution >= 4 is 23.3 Å². The third-order valence-electron chi connectivity index (χ3n) is 2.30. The lowest BCUT2D eigenvalue weighted by Crippen LogP contribution is -2.35. The number of amides is 1. The van der Waals surface area contributed by atoms with Crippen LogP contribution >= 0.6 is 0 Å². The fourth-order valence-electron chi connectivity index (χ4n) is 1.53. The first kappa shape index (κ1) is 17.4. The van der Waals surface area contributed by atoms with E-state index in [9.17, 15) is 14.9 Å². The second-order valence-electron chi connectivity index (χ2n) is 5.47. The number of aliphatic imine (C=N–C) groups is 1. The van der Waals surface area contributed by atoms with Crippen LogP contribution in [0.3, 0.4) is 0 Å². The van der Waals surface area contributed by atoms with Gasteiger partial charge in [-0.05, 0) is 27.7 Å². The van der Waals surface area contributed by atoms with Crippen molar-refractivity contribution in [1.82, 2.24) is 5.32 Å². The number of hydrogen-bond donors (Lipinski definition) is 1. The van der Waals surface area contributed by atoms with Gasteiger partial charge in [-0.2, -0.15) is 0 Å². The lowest BCUT2D eigenvalue weighted by molar-refractivity contribution is -0.384. The Kier molecular flexibility index (Phi) is 5.44. The number of nitrogens with one attached hydrogen (secondary N) is 1. The van der Waals surface area contributed by atoms with Gasteiger partial charge in [-0.1, -0.05) is 0 Å². The van der Waals surface area contributed by atoms with E-state index in [0.717, 1.165) is 0 Å². The number of nitrogens with zero attached hydrogens (tertiary/aromatic N) is 2. The zero-order valence-electron chi connectivity index (χ0n) is 13.2. The number of carbonyl (C=O) groups excluding carboxylic acids is 1. The van der Waals surface area contributed by atoms with Gasteiger partial charge in [0.15, 0.2) is 0 Å². The van der Waals surface area contributed by atoms with Crippen LogP contribution in [0.1, 0.15) is 27.7 Å². The summed E-state index contributed by atoms with van der Waals surface area (Å²) < 4.78 is 10.1. The van der Waals surface area contributed by atoms with Crippen molar-refractivity contribution in [2.75, 3.05) is 7.11 Å². The highest BCUT2D eigenvalue weighted by Crippen LogP contribution is 2.27. The highest BCUT2D eigenvalue weighted by atomic mass is 16.6. The number of amidine groups is 1.